The number of hydrogen-bond donors (Lipinski definition) is 0. The van der Waals surface area contributed by atoms with Gasteiger partial charge in [0.05, 0.1) is 11.5 Å². The van der Waals surface area contributed by atoms with Crippen molar-refractivity contribution < 1.29 is 18.0 Å². The molecule has 1 aliphatic heterocycles. The minimum Gasteiger partial charge on any atom is -0.342 e. The second-order valence-corrected chi connectivity index (χ2v) is 9.04. The lowest BCUT2D eigenvalue weighted by Gasteiger charge is -2.26. The van der Waals surface area contributed by atoms with E-state index in [0.29, 0.717) is 24.5 Å². The number of halogens is 1. The van der Waals surface area contributed by atoms with E-state index in [-0.39, 0.29) is 35.8 Å². The molecule has 2 rings (SSSR count). The molecule has 0 aliphatic carbocycles. The van der Waals surface area contributed by atoms with E-state index in [4.69, 9.17) is 11.6 Å². The van der Waals surface area contributed by atoms with Crippen molar-refractivity contribution in [1.29, 1.82) is 0 Å². The van der Waals surface area contributed by atoms with E-state index < -0.39 is 9.84 Å². The first-order valence-electron chi connectivity index (χ1n) is 8.14. The highest BCUT2D eigenvalue weighted by Crippen LogP contribution is 2.17. The van der Waals surface area contributed by atoms with Crippen LogP contribution in [-0.4, -0.2) is 61.2 Å². The summed E-state index contributed by atoms with van der Waals surface area (Å²) in [7, 11) is -1.40. The van der Waals surface area contributed by atoms with Gasteiger partial charge in [0.1, 0.15) is 0 Å². The second-order valence-electron chi connectivity index (χ2n) is 6.38. The Bertz CT molecular complexity index is 734. The van der Waals surface area contributed by atoms with Gasteiger partial charge in [0, 0.05) is 44.5 Å². The summed E-state index contributed by atoms with van der Waals surface area (Å²) < 4.78 is 23.1. The summed E-state index contributed by atoms with van der Waals surface area (Å²) in [5, 5.41) is 0.626. The quantitative estimate of drug-likeness (QED) is 0.746. The van der Waals surface area contributed by atoms with Gasteiger partial charge in [0.2, 0.25) is 11.8 Å². The average Bonchev–Trinajstić information content (AvgIpc) is 2.91. The standard InChI is InChI=1S/C17H23ClN2O4S/c1-13(21)20(11-14-3-5-15(18)6-4-14)9-7-17(22)19(2)16-8-10-25(23,24)12-16/h3-6,16H,7-12H2,1-2H3. The third kappa shape index (κ3) is 5.71. The molecule has 8 heteroatoms. The molecule has 1 unspecified atom stereocenters. The molecule has 1 fully saturated rings. The number of carbonyl (C=O) groups excluding carboxylic acids is 2. The van der Waals surface area contributed by atoms with E-state index >= 15 is 0 Å². The Balaban J connectivity index is 1.90. The maximum atomic E-state index is 12.3. The number of rotatable bonds is 6. The van der Waals surface area contributed by atoms with Crippen LogP contribution in [-0.2, 0) is 26.0 Å². The zero-order chi connectivity index (χ0) is 18.6. The van der Waals surface area contributed by atoms with Crippen LogP contribution in [0.15, 0.2) is 24.3 Å². The minimum atomic E-state index is -3.03. The van der Waals surface area contributed by atoms with Crippen LogP contribution >= 0.6 is 11.6 Å². The van der Waals surface area contributed by atoms with Gasteiger partial charge in [-0.3, -0.25) is 9.59 Å². The summed E-state index contributed by atoms with van der Waals surface area (Å²) in [6.07, 6.45) is 0.645. The van der Waals surface area contributed by atoms with Gasteiger partial charge in [-0.1, -0.05) is 23.7 Å². The molecular formula is C17H23ClN2O4S. The fraction of sp³-hybridized carbons (Fsp3) is 0.529. The van der Waals surface area contributed by atoms with Crippen molar-refractivity contribution in [1.82, 2.24) is 9.80 Å². The Morgan fingerprint density at radius 1 is 1.24 bits per heavy atom. The predicted molar refractivity (Wildman–Crippen MR) is 97.0 cm³/mol. The number of sulfone groups is 1. The van der Waals surface area contributed by atoms with E-state index in [1.807, 2.05) is 12.1 Å². The average molecular weight is 387 g/mol. The largest absolute Gasteiger partial charge is 0.342 e. The molecule has 1 aromatic rings. The van der Waals surface area contributed by atoms with Crippen LogP contribution in [0.4, 0.5) is 0 Å². The maximum Gasteiger partial charge on any atom is 0.224 e. The first kappa shape index (κ1) is 19.7. The van der Waals surface area contributed by atoms with Gasteiger partial charge in [-0.15, -0.1) is 0 Å². The summed E-state index contributed by atoms with van der Waals surface area (Å²) in [4.78, 5) is 27.3. The summed E-state index contributed by atoms with van der Waals surface area (Å²) in [5.74, 6) is -0.111. The lowest BCUT2D eigenvalue weighted by Crippen LogP contribution is -2.40. The van der Waals surface area contributed by atoms with E-state index in [0.717, 1.165) is 5.56 Å². The molecule has 1 saturated heterocycles. The second kappa shape index (κ2) is 8.19. The van der Waals surface area contributed by atoms with Crippen LogP contribution in [0.2, 0.25) is 5.02 Å². The molecule has 0 bridgehead atoms. The highest BCUT2D eigenvalue weighted by molar-refractivity contribution is 7.91. The van der Waals surface area contributed by atoms with Gasteiger partial charge in [0.25, 0.3) is 0 Å². The number of nitrogens with zero attached hydrogens (tertiary/aromatic N) is 2. The van der Waals surface area contributed by atoms with E-state index in [9.17, 15) is 18.0 Å². The first-order chi connectivity index (χ1) is 11.7. The molecule has 0 saturated carbocycles. The molecule has 1 heterocycles. The number of hydrogen-bond acceptors (Lipinski definition) is 4. The zero-order valence-corrected chi connectivity index (χ0v) is 16.0. The first-order valence-corrected chi connectivity index (χ1v) is 10.3. The molecule has 0 spiro atoms. The summed E-state index contributed by atoms with van der Waals surface area (Å²) in [6.45, 7) is 2.16. The number of carbonyl (C=O) groups is 2. The molecule has 0 aromatic heterocycles. The van der Waals surface area contributed by atoms with Gasteiger partial charge >= 0.3 is 0 Å². The third-order valence-electron chi connectivity index (χ3n) is 4.48. The van der Waals surface area contributed by atoms with Gasteiger partial charge in [-0.05, 0) is 24.1 Å². The molecule has 1 aromatic carbocycles. The van der Waals surface area contributed by atoms with E-state index in [2.05, 4.69) is 0 Å². The van der Waals surface area contributed by atoms with Crippen molar-refractivity contribution in [2.45, 2.75) is 32.4 Å². The topological polar surface area (TPSA) is 74.8 Å². The summed E-state index contributed by atoms with van der Waals surface area (Å²) in [6, 6.07) is 6.94. The van der Waals surface area contributed by atoms with Gasteiger partial charge in [-0.25, -0.2) is 8.42 Å². The summed E-state index contributed by atoms with van der Waals surface area (Å²) in [5.41, 5.74) is 0.933. The molecule has 138 valence electrons. The van der Waals surface area contributed by atoms with Crippen molar-refractivity contribution in [2.75, 3.05) is 25.1 Å². The fourth-order valence-electron chi connectivity index (χ4n) is 2.85. The van der Waals surface area contributed by atoms with Crippen molar-refractivity contribution >= 4 is 33.3 Å². The highest BCUT2D eigenvalue weighted by Gasteiger charge is 2.32. The fourth-order valence-corrected chi connectivity index (χ4v) is 4.75. The Morgan fingerprint density at radius 2 is 1.88 bits per heavy atom. The molecule has 0 N–H and O–H groups in total. The predicted octanol–water partition coefficient (Wildman–Crippen LogP) is 1.72. The monoisotopic (exact) mass is 386 g/mol. The highest BCUT2D eigenvalue weighted by atomic mass is 35.5. The van der Waals surface area contributed by atoms with Gasteiger partial charge in [-0.2, -0.15) is 0 Å². The molecule has 25 heavy (non-hydrogen) atoms. The minimum absolute atomic E-state index is 0.0242. The molecule has 1 aliphatic rings. The number of benzene rings is 1. The number of amides is 2. The van der Waals surface area contributed by atoms with Crippen LogP contribution in [0.25, 0.3) is 0 Å². The molecule has 0 radical (unpaired) electrons. The van der Waals surface area contributed by atoms with E-state index in [1.54, 1.807) is 24.1 Å². The van der Waals surface area contributed by atoms with Crippen LogP contribution < -0.4 is 0 Å². The van der Waals surface area contributed by atoms with Crippen LogP contribution in [0, 0.1) is 0 Å². The lowest BCUT2D eigenvalue weighted by molar-refractivity contribution is -0.134. The summed E-state index contributed by atoms with van der Waals surface area (Å²) >= 11 is 5.86. The Labute approximate surface area is 153 Å². The van der Waals surface area contributed by atoms with Crippen molar-refractivity contribution in [3.05, 3.63) is 34.9 Å². The Morgan fingerprint density at radius 3 is 2.40 bits per heavy atom. The smallest absolute Gasteiger partial charge is 0.224 e. The zero-order valence-electron chi connectivity index (χ0n) is 14.4. The molecule has 2 amide bonds. The van der Waals surface area contributed by atoms with Crippen LogP contribution in [0.1, 0.15) is 25.3 Å². The Kier molecular flexibility index (Phi) is 6.46. The van der Waals surface area contributed by atoms with E-state index in [1.165, 1.54) is 11.8 Å². The van der Waals surface area contributed by atoms with Crippen molar-refractivity contribution in [3.8, 4) is 0 Å². The third-order valence-corrected chi connectivity index (χ3v) is 6.48. The molecule has 6 nitrogen and oxygen atoms in total. The normalized spacial score (nSPS) is 18.8. The maximum absolute atomic E-state index is 12.3. The van der Waals surface area contributed by atoms with Crippen molar-refractivity contribution in [3.63, 3.8) is 0 Å². The molecular weight excluding hydrogens is 364 g/mol. The van der Waals surface area contributed by atoms with Crippen LogP contribution in [0.3, 0.4) is 0 Å². The molecule has 1 atom stereocenters. The Hall–Kier alpha value is -1.60. The van der Waals surface area contributed by atoms with Gasteiger partial charge < -0.3 is 9.80 Å². The van der Waals surface area contributed by atoms with Gasteiger partial charge in [0.15, 0.2) is 9.84 Å². The lowest BCUT2D eigenvalue weighted by atomic mass is 10.2. The van der Waals surface area contributed by atoms with Crippen LogP contribution in [0.5, 0.6) is 0 Å². The SMILES string of the molecule is CC(=O)N(CCC(=O)N(C)C1CCS(=O)(=O)C1)Cc1ccc(Cl)cc1. The van der Waals surface area contributed by atoms with Crippen molar-refractivity contribution in [2.24, 2.45) is 0 Å².